The van der Waals surface area contributed by atoms with Crippen LogP contribution in [0.2, 0.25) is 10.0 Å². The molecule has 0 saturated heterocycles. The molecule has 0 saturated carbocycles. The van der Waals surface area contributed by atoms with E-state index in [1.54, 1.807) is 0 Å². The van der Waals surface area contributed by atoms with Gasteiger partial charge < -0.3 is 10.1 Å². The highest BCUT2D eigenvalue weighted by molar-refractivity contribution is 9.10. The molecule has 0 bridgehead atoms. The first-order valence-corrected chi connectivity index (χ1v) is 6.16. The Balaban J connectivity index is 2.58. The maximum atomic E-state index is 6.05. The summed E-state index contributed by atoms with van der Waals surface area (Å²) in [6.07, 6.45) is 0. The highest BCUT2D eigenvalue weighted by atomic mass is 79.9. The number of ether oxygens (including phenoxy) is 1. The van der Waals surface area contributed by atoms with Crippen LogP contribution < -0.4 is 5.32 Å². The fourth-order valence-corrected chi connectivity index (χ4v) is 1.91. The van der Waals surface area contributed by atoms with E-state index in [4.69, 9.17) is 27.9 Å². The second kappa shape index (κ2) is 6.59. The Morgan fingerprint density at radius 2 is 2.07 bits per heavy atom. The molecule has 0 spiro atoms. The summed E-state index contributed by atoms with van der Waals surface area (Å²) in [5.74, 6) is 0. The van der Waals surface area contributed by atoms with Crippen LogP contribution in [-0.2, 0) is 4.74 Å². The van der Waals surface area contributed by atoms with Gasteiger partial charge in [0.15, 0.2) is 0 Å². The third-order valence-electron chi connectivity index (χ3n) is 1.80. The smallest absolute Gasteiger partial charge is 0.0835 e. The molecule has 0 aromatic heterocycles. The molecule has 0 atom stereocenters. The fraction of sp³-hybridized carbons (Fsp3) is 0.400. The van der Waals surface area contributed by atoms with Crippen molar-refractivity contribution in [3.8, 4) is 0 Å². The lowest BCUT2D eigenvalue weighted by molar-refractivity contribution is 0.158. The third-order valence-corrected chi connectivity index (χ3v) is 3.57. The van der Waals surface area contributed by atoms with E-state index in [1.165, 1.54) is 0 Å². The second-order valence-electron chi connectivity index (χ2n) is 2.85. The Hall–Kier alpha value is 0.0400. The number of hydrogen-bond acceptors (Lipinski definition) is 2. The zero-order valence-corrected chi connectivity index (χ0v) is 11.4. The topological polar surface area (TPSA) is 21.3 Å². The summed E-state index contributed by atoms with van der Waals surface area (Å²) in [5.41, 5.74) is 0.824. The highest BCUT2D eigenvalue weighted by Crippen LogP contribution is 2.35. The highest BCUT2D eigenvalue weighted by Gasteiger charge is 2.07. The van der Waals surface area contributed by atoms with E-state index in [-0.39, 0.29) is 0 Å². The normalized spacial score (nSPS) is 10.4. The predicted octanol–water partition coefficient (Wildman–Crippen LogP) is 4.20. The van der Waals surface area contributed by atoms with Gasteiger partial charge in [-0.2, -0.15) is 0 Å². The zero-order valence-electron chi connectivity index (χ0n) is 8.32. The fourth-order valence-electron chi connectivity index (χ4n) is 1.06. The molecule has 0 unspecified atom stereocenters. The van der Waals surface area contributed by atoms with E-state index in [1.807, 2.05) is 19.1 Å². The van der Waals surface area contributed by atoms with Gasteiger partial charge in [-0.05, 0) is 35.0 Å². The van der Waals surface area contributed by atoms with Gasteiger partial charge in [-0.15, -0.1) is 0 Å². The molecule has 5 heteroatoms. The van der Waals surface area contributed by atoms with Crippen molar-refractivity contribution in [3.63, 3.8) is 0 Å². The Labute approximate surface area is 108 Å². The summed E-state index contributed by atoms with van der Waals surface area (Å²) >= 11 is 15.3. The standard InChI is InChI=1S/C10H12BrCl2NO/c1-2-15-6-5-14-8-4-3-7(11)9(12)10(8)13/h3-4,14H,2,5-6H2,1H3. The summed E-state index contributed by atoms with van der Waals surface area (Å²) in [6.45, 7) is 4.05. The molecule has 1 N–H and O–H groups in total. The van der Waals surface area contributed by atoms with Crippen LogP contribution in [0.15, 0.2) is 16.6 Å². The molecule has 0 aliphatic heterocycles. The average Bonchev–Trinajstić information content (AvgIpc) is 2.24. The van der Waals surface area contributed by atoms with Gasteiger partial charge >= 0.3 is 0 Å². The molecule has 1 rings (SSSR count). The number of halogens is 3. The molecule has 0 radical (unpaired) electrons. The number of benzene rings is 1. The molecular formula is C10H12BrCl2NO. The summed E-state index contributed by atoms with van der Waals surface area (Å²) in [5, 5.41) is 4.21. The minimum absolute atomic E-state index is 0.526. The number of nitrogens with one attached hydrogen (secondary N) is 1. The maximum absolute atomic E-state index is 6.05. The molecule has 84 valence electrons. The molecule has 0 aliphatic rings. The molecule has 2 nitrogen and oxygen atoms in total. The van der Waals surface area contributed by atoms with Gasteiger partial charge in [0.05, 0.1) is 22.3 Å². The minimum Gasteiger partial charge on any atom is -0.381 e. The van der Waals surface area contributed by atoms with Crippen molar-refractivity contribution in [1.82, 2.24) is 0 Å². The first-order chi connectivity index (χ1) is 7.16. The average molecular weight is 313 g/mol. The van der Waals surface area contributed by atoms with Gasteiger partial charge in [-0.1, -0.05) is 23.2 Å². The van der Waals surface area contributed by atoms with Crippen molar-refractivity contribution in [1.29, 1.82) is 0 Å². The van der Waals surface area contributed by atoms with Crippen LogP contribution >= 0.6 is 39.1 Å². The quantitative estimate of drug-likeness (QED) is 0.650. The van der Waals surface area contributed by atoms with Gasteiger partial charge in [-0.25, -0.2) is 0 Å². The number of anilines is 1. The molecule has 1 aromatic rings. The van der Waals surface area contributed by atoms with Crippen molar-refractivity contribution in [3.05, 3.63) is 26.7 Å². The van der Waals surface area contributed by atoms with Crippen LogP contribution in [0.5, 0.6) is 0 Å². The Morgan fingerprint density at radius 3 is 2.73 bits per heavy atom. The van der Waals surface area contributed by atoms with Crippen LogP contribution in [0.1, 0.15) is 6.92 Å². The van der Waals surface area contributed by atoms with Crippen LogP contribution in [-0.4, -0.2) is 19.8 Å². The monoisotopic (exact) mass is 311 g/mol. The molecule has 1 aromatic carbocycles. The van der Waals surface area contributed by atoms with Gasteiger partial charge in [0.25, 0.3) is 0 Å². The second-order valence-corrected chi connectivity index (χ2v) is 4.46. The molecule has 0 amide bonds. The molecule has 0 aliphatic carbocycles. The van der Waals surface area contributed by atoms with E-state index >= 15 is 0 Å². The number of hydrogen-bond donors (Lipinski definition) is 1. The van der Waals surface area contributed by atoms with Crippen molar-refractivity contribution in [2.75, 3.05) is 25.1 Å². The first kappa shape index (κ1) is 13.1. The van der Waals surface area contributed by atoms with Crippen molar-refractivity contribution in [2.45, 2.75) is 6.92 Å². The van der Waals surface area contributed by atoms with Gasteiger partial charge in [0.1, 0.15) is 0 Å². The van der Waals surface area contributed by atoms with Crippen LogP contribution in [0.4, 0.5) is 5.69 Å². The maximum Gasteiger partial charge on any atom is 0.0835 e. The van der Waals surface area contributed by atoms with E-state index in [0.29, 0.717) is 23.2 Å². The lowest BCUT2D eigenvalue weighted by Crippen LogP contribution is -2.09. The van der Waals surface area contributed by atoms with E-state index < -0.39 is 0 Å². The lowest BCUT2D eigenvalue weighted by Gasteiger charge is -2.10. The van der Waals surface area contributed by atoms with Crippen molar-refractivity contribution < 1.29 is 4.74 Å². The Morgan fingerprint density at radius 1 is 1.33 bits per heavy atom. The van der Waals surface area contributed by atoms with Crippen LogP contribution in [0.3, 0.4) is 0 Å². The van der Waals surface area contributed by atoms with Crippen molar-refractivity contribution >= 4 is 44.8 Å². The molecule has 0 fully saturated rings. The zero-order chi connectivity index (χ0) is 11.3. The van der Waals surface area contributed by atoms with Gasteiger partial charge in [0, 0.05) is 17.6 Å². The largest absolute Gasteiger partial charge is 0.381 e. The Kier molecular flexibility index (Phi) is 5.75. The lowest BCUT2D eigenvalue weighted by atomic mass is 10.3. The van der Waals surface area contributed by atoms with Crippen LogP contribution in [0, 0.1) is 0 Å². The summed E-state index contributed by atoms with van der Waals surface area (Å²) < 4.78 is 6.00. The summed E-state index contributed by atoms with van der Waals surface area (Å²) in [7, 11) is 0. The van der Waals surface area contributed by atoms with E-state index in [0.717, 1.165) is 16.8 Å². The minimum atomic E-state index is 0.526. The molecular weight excluding hydrogens is 301 g/mol. The van der Waals surface area contributed by atoms with Crippen molar-refractivity contribution in [2.24, 2.45) is 0 Å². The SMILES string of the molecule is CCOCCNc1ccc(Br)c(Cl)c1Cl. The summed E-state index contributed by atoms with van der Waals surface area (Å²) in [6, 6.07) is 3.74. The number of rotatable bonds is 5. The van der Waals surface area contributed by atoms with E-state index in [2.05, 4.69) is 21.2 Å². The van der Waals surface area contributed by atoms with Gasteiger partial charge in [-0.3, -0.25) is 0 Å². The van der Waals surface area contributed by atoms with E-state index in [9.17, 15) is 0 Å². The molecule has 15 heavy (non-hydrogen) atoms. The third kappa shape index (κ3) is 3.83. The van der Waals surface area contributed by atoms with Gasteiger partial charge in [0.2, 0.25) is 0 Å². The molecule has 0 heterocycles. The first-order valence-electron chi connectivity index (χ1n) is 4.62. The summed E-state index contributed by atoms with van der Waals surface area (Å²) in [4.78, 5) is 0. The Bertz CT molecular complexity index is 333. The van der Waals surface area contributed by atoms with Crippen LogP contribution in [0.25, 0.3) is 0 Å². The predicted molar refractivity (Wildman–Crippen MR) is 69.1 cm³/mol.